The molecule has 4 rings (SSSR count). The van der Waals surface area contributed by atoms with E-state index in [-0.39, 0.29) is 25.0 Å². The van der Waals surface area contributed by atoms with E-state index in [2.05, 4.69) is 30.6 Å². The van der Waals surface area contributed by atoms with Gasteiger partial charge in [-0.05, 0) is 41.9 Å². The summed E-state index contributed by atoms with van der Waals surface area (Å²) in [7, 11) is 1.48. The average molecular weight is 629 g/mol. The fourth-order valence-corrected chi connectivity index (χ4v) is 5.34. The number of allylic oxidation sites excluding steroid dienone is 1. The molecule has 5 atom stereocenters. The van der Waals surface area contributed by atoms with Crippen LogP contribution in [0.2, 0.25) is 0 Å². The van der Waals surface area contributed by atoms with E-state index in [1.54, 1.807) is 0 Å². The average Bonchev–Trinajstić information content (AvgIpc) is 3.28. The number of methoxy groups -OCH3 is 1. The standard InChI is InChI=1S/C38H48N2O6/c1-28(2)22-23-33(44-25-29-15-7-4-8-16-29)34(45-26-30-17-9-5-10-18-30)35(46-27-31-19-11-6-12-20-31)36(43-3)38(42)40-32-21-13-14-24-39-37(32)41/h4-12,15-20,22-23,28,32-36H,13-14,21,24-27H2,1-3H3,(H,39,41)(H,40,42)/b23-22+/t32-,33+,34-,35+,36+/m0/s1. The number of carbonyl (C=O) groups excluding carboxylic acids is 2. The third-order valence-corrected chi connectivity index (χ3v) is 7.85. The summed E-state index contributed by atoms with van der Waals surface area (Å²) in [5.41, 5.74) is 2.92. The minimum atomic E-state index is -1.10. The summed E-state index contributed by atoms with van der Waals surface area (Å²) in [4.78, 5) is 26.7. The summed E-state index contributed by atoms with van der Waals surface area (Å²) in [5.74, 6) is -0.384. The molecule has 1 fully saturated rings. The number of hydrogen-bond donors (Lipinski definition) is 2. The van der Waals surface area contributed by atoms with Gasteiger partial charge in [0, 0.05) is 13.7 Å². The van der Waals surface area contributed by atoms with Crippen LogP contribution in [0.5, 0.6) is 0 Å². The highest BCUT2D eigenvalue weighted by Crippen LogP contribution is 2.24. The van der Waals surface area contributed by atoms with Gasteiger partial charge in [0.2, 0.25) is 5.91 Å². The van der Waals surface area contributed by atoms with Crippen LogP contribution < -0.4 is 10.6 Å². The highest BCUT2D eigenvalue weighted by Gasteiger charge is 2.41. The number of ether oxygens (including phenoxy) is 4. The van der Waals surface area contributed by atoms with Crippen molar-refractivity contribution < 1.29 is 28.5 Å². The first kappa shape index (κ1) is 35.0. The maximum atomic E-state index is 14.0. The molecule has 1 aliphatic rings. The maximum Gasteiger partial charge on any atom is 0.252 e. The third-order valence-electron chi connectivity index (χ3n) is 7.85. The largest absolute Gasteiger partial charge is 0.369 e. The van der Waals surface area contributed by atoms with Gasteiger partial charge in [0.1, 0.15) is 24.4 Å². The van der Waals surface area contributed by atoms with E-state index in [4.69, 9.17) is 18.9 Å². The lowest BCUT2D eigenvalue weighted by Gasteiger charge is -2.36. The van der Waals surface area contributed by atoms with E-state index >= 15 is 0 Å². The normalized spacial score (nSPS) is 18.0. The zero-order chi connectivity index (χ0) is 32.6. The Kier molecular flexibility index (Phi) is 14.5. The molecule has 1 heterocycles. The molecule has 246 valence electrons. The minimum Gasteiger partial charge on any atom is -0.369 e. The van der Waals surface area contributed by atoms with Crippen molar-refractivity contribution in [3.05, 3.63) is 120 Å². The zero-order valence-electron chi connectivity index (χ0n) is 27.2. The fraction of sp³-hybridized carbons (Fsp3) is 0.421. The summed E-state index contributed by atoms with van der Waals surface area (Å²) >= 11 is 0. The molecule has 0 spiro atoms. The van der Waals surface area contributed by atoms with Gasteiger partial charge in [-0.25, -0.2) is 0 Å². The Morgan fingerprint density at radius 2 is 1.30 bits per heavy atom. The number of rotatable bonds is 17. The lowest BCUT2D eigenvalue weighted by molar-refractivity contribution is -0.181. The van der Waals surface area contributed by atoms with Crippen molar-refractivity contribution in [2.45, 2.75) is 83.4 Å². The van der Waals surface area contributed by atoms with Crippen LogP contribution in [0, 0.1) is 5.92 Å². The summed E-state index contributed by atoms with van der Waals surface area (Å²) in [6.45, 7) is 5.60. The Bertz CT molecular complexity index is 1340. The second kappa shape index (κ2) is 19.0. The van der Waals surface area contributed by atoms with Crippen LogP contribution in [0.4, 0.5) is 0 Å². The SMILES string of the molecule is CO[C@@H](C(=O)N[C@H]1CCCCNC1=O)[C@H](OCc1ccccc1)[C@@H](OCc1ccccc1)[C@@H](/C=C/C(C)C)OCc1ccccc1. The molecule has 0 aliphatic carbocycles. The van der Waals surface area contributed by atoms with Crippen molar-refractivity contribution in [2.24, 2.45) is 5.92 Å². The van der Waals surface area contributed by atoms with E-state index in [0.29, 0.717) is 19.6 Å². The van der Waals surface area contributed by atoms with Crippen molar-refractivity contribution in [1.29, 1.82) is 0 Å². The van der Waals surface area contributed by atoms with Crippen molar-refractivity contribution in [1.82, 2.24) is 10.6 Å². The molecule has 0 aromatic heterocycles. The van der Waals surface area contributed by atoms with Crippen molar-refractivity contribution in [3.63, 3.8) is 0 Å². The Hall–Kier alpha value is -3.82. The Labute approximate surface area is 273 Å². The van der Waals surface area contributed by atoms with Crippen molar-refractivity contribution in [2.75, 3.05) is 13.7 Å². The molecule has 2 N–H and O–H groups in total. The van der Waals surface area contributed by atoms with Gasteiger partial charge in [0.05, 0.1) is 19.8 Å². The van der Waals surface area contributed by atoms with Gasteiger partial charge in [-0.15, -0.1) is 0 Å². The lowest BCUT2D eigenvalue weighted by Crippen LogP contribution is -2.57. The molecule has 3 aromatic carbocycles. The number of benzene rings is 3. The van der Waals surface area contributed by atoms with Gasteiger partial charge in [-0.1, -0.05) is 117 Å². The summed E-state index contributed by atoms with van der Waals surface area (Å²) < 4.78 is 25.8. The number of carbonyl (C=O) groups is 2. The van der Waals surface area contributed by atoms with E-state index in [0.717, 1.165) is 29.5 Å². The van der Waals surface area contributed by atoms with Crippen LogP contribution in [0.15, 0.2) is 103 Å². The molecular weight excluding hydrogens is 580 g/mol. The summed E-state index contributed by atoms with van der Waals surface area (Å²) in [6, 6.07) is 28.9. The van der Waals surface area contributed by atoms with E-state index < -0.39 is 36.4 Å². The molecule has 1 saturated heterocycles. The Morgan fingerprint density at radius 3 is 1.83 bits per heavy atom. The molecule has 0 bridgehead atoms. The molecule has 0 radical (unpaired) electrons. The van der Waals surface area contributed by atoms with Gasteiger partial charge in [-0.2, -0.15) is 0 Å². The highest BCUT2D eigenvalue weighted by molar-refractivity contribution is 5.89. The maximum absolute atomic E-state index is 14.0. The van der Waals surface area contributed by atoms with Gasteiger partial charge in [0.15, 0.2) is 6.10 Å². The predicted octanol–water partition coefficient (Wildman–Crippen LogP) is 5.75. The Morgan fingerprint density at radius 1 is 0.783 bits per heavy atom. The van der Waals surface area contributed by atoms with E-state index in [1.165, 1.54) is 7.11 Å². The van der Waals surface area contributed by atoms with E-state index in [1.807, 2.05) is 97.1 Å². The molecule has 2 amide bonds. The second-order valence-corrected chi connectivity index (χ2v) is 11.9. The van der Waals surface area contributed by atoms with Crippen LogP contribution in [-0.2, 0) is 48.4 Å². The van der Waals surface area contributed by atoms with Crippen LogP contribution >= 0.6 is 0 Å². The number of amides is 2. The van der Waals surface area contributed by atoms with Crippen molar-refractivity contribution in [3.8, 4) is 0 Å². The molecule has 8 nitrogen and oxygen atoms in total. The van der Waals surface area contributed by atoms with Crippen LogP contribution in [0.1, 0.15) is 49.8 Å². The highest BCUT2D eigenvalue weighted by atomic mass is 16.6. The first-order valence-electron chi connectivity index (χ1n) is 16.2. The van der Waals surface area contributed by atoms with Gasteiger partial charge >= 0.3 is 0 Å². The molecule has 8 heteroatoms. The van der Waals surface area contributed by atoms with Gasteiger partial charge < -0.3 is 29.6 Å². The number of nitrogens with one attached hydrogen (secondary N) is 2. The van der Waals surface area contributed by atoms with E-state index in [9.17, 15) is 9.59 Å². The number of hydrogen-bond acceptors (Lipinski definition) is 6. The molecular formula is C38H48N2O6. The summed E-state index contributed by atoms with van der Waals surface area (Å²) in [5, 5.41) is 5.84. The van der Waals surface area contributed by atoms with Gasteiger partial charge in [0.25, 0.3) is 5.91 Å². The molecule has 0 saturated carbocycles. The van der Waals surface area contributed by atoms with Crippen LogP contribution in [-0.4, -0.2) is 55.9 Å². The molecule has 46 heavy (non-hydrogen) atoms. The summed E-state index contributed by atoms with van der Waals surface area (Å²) in [6.07, 6.45) is 2.94. The van der Waals surface area contributed by atoms with Gasteiger partial charge in [-0.3, -0.25) is 9.59 Å². The van der Waals surface area contributed by atoms with Crippen molar-refractivity contribution >= 4 is 11.8 Å². The molecule has 1 aliphatic heterocycles. The second-order valence-electron chi connectivity index (χ2n) is 11.9. The topological polar surface area (TPSA) is 95.1 Å². The monoisotopic (exact) mass is 628 g/mol. The van der Waals surface area contributed by atoms with Crippen LogP contribution in [0.25, 0.3) is 0 Å². The predicted molar refractivity (Wildman–Crippen MR) is 179 cm³/mol. The quantitative estimate of drug-likeness (QED) is 0.185. The fourth-order valence-electron chi connectivity index (χ4n) is 5.34. The smallest absolute Gasteiger partial charge is 0.252 e. The Balaban J connectivity index is 1.70. The molecule has 3 aromatic rings. The minimum absolute atomic E-state index is 0.191. The zero-order valence-corrected chi connectivity index (χ0v) is 27.2. The van der Waals surface area contributed by atoms with Crippen LogP contribution in [0.3, 0.4) is 0 Å². The third kappa shape index (κ3) is 11.2. The first-order chi connectivity index (χ1) is 22.4. The molecule has 0 unspecified atom stereocenters. The first-order valence-corrected chi connectivity index (χ1v) is 16.2. The lowest BCUT2D eigenvalue weighted by atomic mass is 9.98.